The van der Waals surface area contributed by atoms with Crippen molar-refractivity contribution in [3.8, 4) is 17.0 Å². The Labute approximate surface area is 200 Å². The maximum atomic E-state index is 12.4. The fourth-order valence-corrected chi connectivity index (χ4v) is 4.73. The molecule has 0 unspecified atom stereocenters. The van der Waals surface area contributed by atoms with E-state index in [9.17, 15) is 14.7 Å². The zero-order chi connectivity index (χ0) is 24.2. The zero-order valence-electron chi connectivity index (χ0n) is 20.2. The van der Waals surface area contributed by atoms with Gasteiger partial charge in [0.05, 0.1) is 12.0 Å². The van der Waals surface area contributed by atoms with Crippen LogP contribution in [0.25, 0.3) is 11.3 Å². The van der Waals surface area contributed by atoms with Crippen molar-refractivity contribution in [3.63, 3.8) is 0 Å². The lowest BCUT2D eigenvalue weighted by molar-refractivity contribution is -0.143. The van der Waals surface area contributed by atoms with Crippen LogP contribution < -0.4 is 4.74 Å². The molecule has 0 aliphatic heterocycles. The van der Waals surface area contributed by atoms with Crippen molar-refractivity contribution in [1.82, 2.24) is 19.9 Å². The first-order valence-electron chi connectivity index (χ1n) is 12.1. The topological polar surface area (TPSA) is 107 Å². The van der Waals surface area contributed by atoms with Crippen LogP contribution in [0.2, 0.25) is 0 Å². The highest BCUT2D eigenvalue weighted by molar-refractivity contribution is 5.70. The molecule has 1 amide bonds. The number of rotatable bonds is 8. The number of carbonyl (C=O) groups is 2. The maximum absolute atomic E-state index is 12.4. The molecule has 0 saturated heterocycles. The summed E-state index contributed by atoms with van der Waals surface area (Å²) in [4.78, 5) is 25.4. The van der Waals surface area contributed by atoms with Gasteiger partial charge in [-0.3, -0.25) is 4.79 Å². The number of carbonyl (C=O) groups excluding carboxylic acids is 1. The monoisotopic (exact) mass is 470 g/mol. The molecule has 34 heavy (non-hydrogen) atoms. The van der Waals surface area contributed by atoms with Gasteiger partial charge in [-0.25, -0.2) is 9.48 Å². The minimum atomic E-state index is -0.745. The van der Waals surface area contributed by atoms with Gasteiger partial charge in [-0.1, -0.05) is 11.6 Å². The number of carboxylic acids is 1. The standard InChI is InChI=1S/C25H34N4O5/c1-16-12-18(10-11-22(16)34-20-9-5-8-19(13-20)24(30)31)23-21(29(3)27-26-23)15-33-25(32)28(2)14-17-6-4-7-17/h10-12,17,19-20H,4-9,13-15H2,1-3H3,(H,30,31)/t19-,20-/m0/s1. The Morgan fingerprint density at radius 2 is 1.97 bits per heavy atom. The minimum absolute atomic E-state index is 0.0859. The van der Waals surface area contributed by atoms with E-state index in [1.165, 1.54) is 19.3 Å². The summed E-state index contributed by atoms with van der Waals surface area (Å²) in [5.74, 6) is 0.245. The van der Waals surface area contributed by atoms with Gasteiger partial charge in [0.2, 0.25) is 0 Å². The van der Waals surface area contributed by atoms with Gasteiger partial charge in [0.1, 0.15) is 23.7 Å². The van der Waals surface area contributed by atoms with Crippen molar-refractivity contribution in [2.24, 2.45) is 18.9 Å². The molecule has 2 aromatic rings. The Kier molecular flexibility index (Phi) is 7.38. The predicted octanol–water partition coefficient (Wildman–Crippen LogP) is 4.18. The van der Waals surface area contributed by atoms with Gasteiger partial charge in [0, 0.05) is 26.2 Å². The highest BCUT2D eigenvalue weighted by Gasteiger charge is 2.28. The number of hydrogen-bond donors (Lipinski definition) is 1. The molecular weight excluding hydrogens is 436 g/mol. The van der Waals surface area contributed by atoms with Crippen LogP contribution in [0, 0.1) is 18.8 Å². The molecule has 2 atom stereocenters. The van der Waals surface area contributed by atoms with Crippen molar-refractivity contribution in [2.45, 2.75) is 64.6 Å². The molecule has 1 heterocycles. The van der Waals surface area contributed by atoms with Gasteiger partial charge < -0.3 is 19.5 Å². The molecule has 0 bridgehead atoms. The average Bonchev–Trinajstić information content (AvgIpc) is 3.16. The van der Waals surface area contributed by atoms with Crippen molar-refractivity contribution >= 4 is 12.1 Å². The van der Waals surface area contributed by atoms with Crippen LogP contribution in [0.15, 0.2) is 18.2 Å². The van der Waals surface area contributed by atoms with Crippen LogP contribution in [-0.4, -0.2) is 56.8 Å². The van der Waals surface area contributed by atoms with Crippen molar-refractivity contribution < 1.29 is 24.2 Å². The lowest BCUT2D eigenvalue weighted by atomic mass is 9.85. The van der Waals surface area contributed by atoms with Gasteiger partial charge in [-0.2, -0.15) is 0 Å². The second kappa shape index (κ2) is 10.4. The van der Waals surface area contributed by atoms with Crippen LogP contribution in [0.1, 0.15) is 56.2 Å². The smallest absolute Gasteiger partial charge is 0.409 e. The van der Waals surface area contributed by atoms with E-state index in [1.807, 2.05) is 25.1 Å². The SMILES string of the molecule is Cc1cc(-c2nnn(C)c2COC(=O)N(C)CC2CCC2)ccc1O[C@H]1CCC[C@H](C(=O)O)C1. The van der Waals surface area contributed by atoms with E-state index >= 15 is 0 Å². The number of benzene rings is 1. The van der Waals surface area contributed by atoms with Gasteiger partial charge in [0.15, 0.2) is 0 Å². The third kappa shape index (κ3) is 5.51. The molecule has 2 aliphatic carbocycles. The highest BCUT2D eigenvalue weighted by Crippen LogP contribution is 2.32. The summed E-state index contributed by atoms with van der Waals surface area (Å²) < 4.78 is 13.3. The van der Waals surface area contributed by atoms with Gasteiger partial charge in [-0.15, -0.1) is 5.10 Å². The van der Waals surface area contributed by atoms with Gasteiger partial charge >= 0.3 is 12.1 Å². The first-order chi connectivity index (χ1) is 16.3. The molecule has 2 fully saturated rings. The van der Waals surface area contributed by atoms with E-state index in [0.29, 0.717) is 24.5 Å². The maximum Gasteiger partial charge on any atom is 0.409 e. The third-order valence-corrected chi connectivity index (χ3v) is 7.06. The molecule has 1 aromatic carbocycles. The summed E-state index contributed by atoms with van der Waals surface area (Å²) in [5, 5.41) is 17.8. The normalized spacial score (nSPS) is 20.4. The number of aryl methyl sites for hydroxylation is 2. The number of hydrogen-bond acceptors (Lipinski definition) is 6. The van der Waals surface area contributed by atoms with Crippen LogP contribution >= 0.6 is 0 Å². The van der Waals surface area contributed by atoms with Crippen molar-refractivity contribution in [2.75, 3.05) is 13.6 Å². The molecular formula is C25H34N4O5. The van der Waals surface area contributed by atoms with Crippen LogP contribution in [0.5, 0.6) is 5.75 Å². The van der Waals surface area contributed by atoms with Gasteiger partial charge in [-0.05, 0) is 75.1 Å². The van der Waals surface area contributed by atoms with E-state index in [4.69, 9.17) is 9.47 Å². The summed E-state index contributed by atoms with van der Waals surface area (Å²) in [7, 11) is 3.56. The Bertz CT molecular complexity index is 1030. The first-order valence-corrected chi connectivity index (χ1v) is 12.1. The van der Waals surface area contributed by atoms with E-state index in [-0.39, 0.29) is 24.7 Å². The summed E-state index contributed by atoms with van der Waals surface area (Å²) in [6.45, 7) is 2.77. The zero-order valence-corrected chi connectivity index (χ0v) is 20.2. The number of ether oxygens (including phenoxy) is 2. The summed E-state index contributed by atoms with van der Waals surface area (Å²) in [5.41, 5.74) is 3.17. The molecule has 2 aliphatic rings. The van der Waals surface area contributed by atoms with Crippen molar-refractivity contribution in [3.05, 3.63) is 29.5 Å². The predicted molar refractivity (Wildman–Crippen MR) is 125 cm³/mol. The minimum Gasteiger partial charge on any atom is -0.490 e. The molecule has 1 N–H and O–H groups in total. The summed E-state index contributed by atoms with van der Waals surface area (Å²) >= 11 is 0. The average molecular weight is 471 g/mol. The molecule has 0 radical (unpaired) electrons. The summed E-state index contributed by atoms with van der Waals surface area (Å²) in [6, 6.07) is 5.79. The number of aliphatic carboxylic acids is 1. The van der Waals surface area contributed by atoms with Crippen LogP contribution in [0.3, 0.4) is 0 Å². The number of carboxylic acid groups (broad SMARTS) is 1. The lowest BCUT2D eigenvalue weighted by Gasteiger charge is -2.29. The molecule has 9 nitrogen and oxygen atoms in total. The second-order valence-electron chi connectivity index (χ2n) is 9.66. The lowest BCUT2D eigenvalue weighted by Crippen LogP contribution is -2.34. The van der Waals surface area contributed by atoms with Gasteiger partial charge in [0.25, 0.3) is 0 Å². The Hall–Kier alpha value is -3.10. The molecule has 4 rings (SSSR count). The first kappa shape index (κ1) is 24.0. The number of amides is 1. The Balaban J connectivity index is 1.41. The number of nitrogens with zero attached hydrogens (tertiary/aromatic N) is 4. The largest absolute Gasteiger partial charge is 0.490 e. The van der Waals surface area contributed by atoms with E-state index < -0.39 is 5.97 Å². The molecule has 184 valence electrons. The third-order valence-electron chi connectivity index (χ3n) is 7.06. The van der Waals surface area contributed by atoms with E-state index in [1.54, 1.807) is 23.7 Å². The van der Waals surface area contributed by atoms with Crippen LogP contribution in [-0.2, 0) is 23.2 Å². The Morgan fingerprint density at radius 3 is 2.65 bits per heavy atom. The molecule has 0 spiro atoms. The molecule has 2 saturated carbocycles. The van der Waals surface area contributed by atoms with E-state index in [2.05, 4.69) is 10.3 Å². The molecule has 1 aromatic heterocycles. The fourth-order valence-electron chi connectivity index (χ4n) is 4.73. The molecule has 9 heteroatoms. The quantitative estimate of drug-likeness (QED) is 0.617. The number of aromatic nitrogens is 3. The summed E-state index contributed by atoms with van der Waals surface area (Å²) in [6.07, 6.45) is 6.12. The second-order valence-corrected chi connectivity index (χ2v) is 9.66. The highest BCUT2D eigenvalue weighted by atomic mass is 16.6. The fraction of sp³-hybridized carbons (Fsp3) is 0.600. The Morgan fingerprint density at radius 1 is 1.21 bits per heavy atom. The van der Waals surface area contributed by atoms with E-state index in [0.717, 1.165) is 42.0 Å². The van der Waals surface area contributed by atoms with Crippen LogP contribution in [0.4, 0.5) is 4.79 Å². The van der Waals surface area contributed by atoms with Crippen molar-refractivity contribution in [1.29, 1.82) is 0 Å².